The predicted octanol–water partition coefficient (Wildman–Crippen LogP) is 5.38. The van der Waals surface area contributed by atoms with Gasteiger partial charge in [0.05, 0.1) is 0 Å². The quantitative estimate of drug-likeness (QED) is 0.622. The molecule has 27 heavy (non-hydrogen) atoms. The standard InChI is InChI=1S/C11H18N2.C10H16N2.2ClH/c1-4-13(5-2)10-6-7-11(12)9(3)8-10;1-3-12(4-2)10-7-5-9(11)6-8-10;;/h6-8H,4-5,12H2,1-3H3;5-8H,3-4,11H2,1-2H3;2*1H. The third-order valence-electron chi connectivity index (χ3n) is 4.40. The van der Waals surface area contributed by atoms with E-state index in [-0.39, 0.29) is 24.8 Å². The van der Waals surface area contributed by atoms with Crippen molar-refractivity contribution in [3.8, 4) is 0 Å². The molecule has 0 radical (unpaired) electrons. The van der Waals surface area contributed by atoms with Crippen molar-refractivity contribution >= 4 is 47.6 Å². The summed E-state index contributed by atoms with van der Waals surface area (Å²) in [6.45, 7) is 14.8. The van der Waals surface area contributed by atoms with Crippen LogP contribution in [0.3, 0.4) is 0 Å². The first kappa shape index (κ1) is 27.4. The number of halogens is 2. The normalized spacial score (nSPS) is 9.22. The Morgan fingerprint density at radius 1 is 0.667 bits per heavy atom. The van der Waals surface area contributed by atoms with Gasteiger partial charge in [0.15, 0.2) is 0 Å². The first-order valence-electron chi connectivity index (χ1n) is 9.18. The van der Waals surface area contributed by atoms with Crippen LogP contribution in [0.25, 0.3) is 0 Å². The molecule has 0 aliphatic heterocycles. The Morgan fingerprint density at radius 2 is 1.07 bits per heavy atom. The van der Waals surface area contributed by atoms with Crippen LogP contribution in [-0.2, 0) is 0 Å². The Balaban J connectivity index is 0. The fourth-order valence-electron chi connectivity index (χ4n) is 2.72. The van der Waals surface area contributed by atoms with Crippen molar-refractivity contribution in [1.82, 2.24) is 0 Å². The van der Waals surface area contributed by atoms with Crippen LogP contribution in [0, 0.1) is 6.92 Å². The number of anilines is 4. The second kappa shape index (κ2) is 14.3. The minimum absolute atomic E-state index is 0. The van der Waals surface area contributed by atoms with Crippen LogP contribution in [-0.4, -0.2) is 26.2 Å². The third kappa shape index (κ3) is 8.63. The Kier molecular flexibility index (Phi) is 14.5. The van der Waals surface area contributed by atoms with Gasteiger partial charge >= 0.3 is 0 Å². The topological polar surface area (TPSA) is 58.5 Å². The Labute approximate surface area is 177 Å². The summed E-state index contributed by atoms with van der Waals surface area (Å²) in [4.78, 5) is 4.60. The van der Waals surface area contributed by atoms with Gasteiger partial charge < -0.3 is 21.3 Å². The van der Waals surface area contributed by atoms with Crippen molar-refractivity contribution in [2.24, 2.45) is 0 Å². The lowest BCUT2D eigenvalue weighted by Crippen LogP contribution is -2.21. The van der Waals surface area contributed by atoms with E-state index in [0.29, 0.717) is 0 Å². The molecule has 0 saturated carbocycles. The molecule has 0 bridgehead atoms. The van der Waals surface area contributed by atoms with Crippen molar-refractivity contribution in [2.75, 3.05) is 47.4 Å². The monoisotopic (exact) mass is 414 g/mol. The molecular weight excluding hydrogens is 379 g/mol. The van der Waals surface area contributed by atoms with Gasteiger partial charge in [-0.15, -0.1) is 24.8 Å². The van der Waals surface area contributed by atoms with Crippen LogP contribution in [0.2, 0.25) is 0 Å². The van der Waals surface area contributed by atoms with Gasteiger partial charge in [-0.1, -0.05) is 0 Å². The lowest BCUT2D eigenvalue weighted by molar-refractivity contribution is 0.866. The molecule has 2 aromatic rings. The molecule has 4 N–H and O–H groups in total. The molecule has 2 rings (SSSR count). The number of nitrogens with zero attached hydrogens (tertiary/aromatic N) is 2. The van der Waals surface area contributed by atoms with Crippen molar-refractivity contribution in [1.29, 1.82) is 0 Å². The van der Waals surface area contributed by atoms with E-state index in [2.05, 4.69) is 61.8 Å². The summed E-state index contributed by atoms with van der Waals surface area (Å²) in [5.41, 5.74) is 16.7. The molecule has 6 heteroatoms. The summed E-state index contributed by atoms with van der Waals surface area (Å²) >= 11 is 0. The van der Waals surface area contributed by atoms with Crippen LogP contribution in [0.1, 0.15) is 33.3 Å². The molecule has 0 aliphatic carbocycles. The van der Waals surface area contributed by atoms with Gasteiger partial charge in [0.1, 0.15) is 0 Å². The van der Waals surface area contributed by atoms with Gasteiger partial charge in [-0.25, -0.2) is 0 Å². The summed E-state index contributed by atoms with van der Waals surface area (Å²) < 4.78 is 0. The summed E-state index contributed by atoms with van der Waals surface area (Å²) in [6, 6.07) is 14.2. The number of nitrogens with two attached hydrogens (primary N) is 2. The number of benzene rings is 2. The highest BCUT2D eigenvalue weighted by molar-refractivity contribution is 5.85. The predicted molar refractivity (Wildman–Crippen MR) is 128 cm³/mol. The SMILES string of the molecule is CCN(CC)c1ccc(N)c(C)c1.CCN(CC)c1ccc(N)cc1.Cl.Cl. The second-order valence-electron chi connectivity index (χ2n) is 5.98. The van der Waals surface area contributed by atoms with E-state index in [4.69, 9.17) is 11.5 Å². The molecular formula is C21H36Cl2N4. The zero-order chi connectivity index (χ0) is 18.8. The average Bonchev–Trinajstić information content (AvgIpc) is 2.62. The Hall–Kier alpha value is -1.78. The number of hydrogen-bond donors (Lipinski definition) is 2. The van der Waals surface area contributed by atoms with E-state index in [9.17, 15) is 0 Å². The Morgan fingerprint density at radius 3 is 1.48 bits per heavy atom. The highest BCUT2D eigenvalue weighted by Crippen LogP contribution is 2.20. The van der Waals surface area contributed by atoms with Gasteiger partial charge in [0, 0.05) is 48.9 Å². The first-order valence-corrected chi connectivity index (χ1v) is 9.18. The molecule has 0 heterocycles. The number of rotatable bonds is 6. The lowest BCUT2D eigenvalue weighted by atomic mass is 10.1. The van der Waals surface area contributed by atoms with Crippen molar-refractivity contribution in [3.63, 3.8) is 0 Å². The average molecular weight is 415 g/mol. The molecule has 0 atom stereocenters. The van der Waals surface area contributed by atoms with E-state index < -0.39 is 0 Å². The fourth-order valence-corrected chi connectivity index (χ4v) is 2.72. The zero-order valence-corrected chi connectivity index (χ0v) is 18.9. The summed E-state index contributed by atoms with van der Waals surface area (Å²) in [6.07, 6.45) is 0. The number of nitrogen functional groups attached to an aromatic ring is 2. The van der Waals surface area contributed by atoms with Gasteiger partial charge in [0.2, 0.25) is 0 Å². The van der Waals surface area contributed by atoms with Crippen molar-refractivity contribution in [3.05, 3.63) is 48.0 Å². The van der Waals surface area contributed by atoms with Crippen LogP contribution in [0.15, 0.2) is 42.5 Å². The number of aryl methyl sites for hydroxylation is 1. The van der Waals surface area contributed by atoms with Crippen LogP contribution >= 0.6 is 24.8 Å². The highest BCUT2D eigenvalue weighted by atomic mass is 35.5. The minimum Gasteiger partial charge on any atom is -0.399 e. The van der Waals surface area contributed by atoms with Crippen molar-refractivity contribution < 1.29 is 0 Å². The van der Waals surface area contributed by atoms with Gasteiger partial charge in [-0.05, 0) is 82.6 Å². The number of hydrogen-bond acceptors (Lipinski definition) is 4. The molecule has 2 aromatic carbocycles. The molecule has 0 aromatic heterocycles. The lowest BCUT2D eigenvalue weighted by Gasteiger charge is -2.21. The van der Waals surface area contributed by atoms with E-state index >= 15 is 0 Å². The van der Waals surface area contributed by atoms with Crippen molar-refractivity contribution in [2.45, 2.75) is 34.6 Å². The molecule has 0 amide bonds. The minimum atomic E-state index is 0. The second-order valence-corrected chi connectivity index (χ2v) is 5.98. The van der Waals surface area contributed by atoms with E-state index in [1.807, 2.05) is 25.1 Å². The van der Waals surface area contributed by atoms with E-state index in [0.717, 1.165) is 43.1 Å². The largest absolute Gasteiger partial charge is 0.399 e. The third-order valence-corrected chi connectivity index (χ3v) is 4.40. The first-order chi connectivity index (χ1) is 12.0. The van der Waals surface area contributed by atoms with E-state index in [1.165, 1.54) is 11.4 Å². The molecule has 0 spiro atoms. The van der Waals surface area contributed by atoms with Gasteiger partial charge in [0.25, 0.3) is 0 Å². The molecule has 4 nitrogen and oxygen atoms in total. The maximum Gasteiger partial charge on any atom is 0.0370 e. The zero-order valence-electron chi connectivity index (χ0n) is 17.2. The Bertz CT molecular complexity index is 625. The summed E-state index contributed by atoms with van der Waals surface area (Å²) in [7, 11) is 0. The van der Waals surface area contributed by atoms with Gasteiger partial charge in [-0.3, -0.25) is 0 Å². The van der Waals surface area contributed by atoms with Gasteiger partial charge in [-0.2, -0.15) is 0 Å². The van der Waals surface area contributed by atoms with Crippen LogP contribution < -0.4 is 21.3 Å². The maximum atomic E-state index is 5.75. The smallest absolute Gasteiger partial charge is 0.0370 e. The van der Waals surface area contributed by atoms with Crippen LogP contribution in [0.5, 0.6) is 0 Å². The fraction of sp³-hybridized carbons (Fsp3) is 0.429. The molecule has 0 fully saturated rings. The van der Waals surface area contributed by atoms with Crippen LogP contribution in [0.4, 0.5) is 22.7 Å². The van der Waals surface area contributed by atoms with E-state index in [1.54, 1.807) is 0 Å². The summed E-state index contributed by atoms with van der Waals surface area (Å²) in [5, 5.41) is 0. The molecule has 154 valence electrons. The molecule has 0 saturated heterocycles. The molecule has 0 aliphatic rings. The maximum absolute atomic E-state index is 5.75. The molecule has 0 unspecified atom stereocenters. The summed E-state index contributed by atoms with van der Waals surface area (Å²) in [5.74, 6) is 0. The highest BCUT2D eigenvalue weighted by Gasteiger charge is 2.02.